The predicted molar refractivity (Wildman–Crippen MR) is 130 cm³/mol. The molecule has 0 radical (unpaired) electrons. The van der Waals surface area contributed by atoms with Gasteiger partial charge in [-0.2, -0.15) is 0 Å². The van der Waals surface area contributed by atoms with Crippen LogP contribution in [0.2, 0.25) is 0 Å². The molecule has 186 valence electrons. The van der Waals surface area contributed by atoms with E-state index in [4.69, 9.17) is 18.6 Å². The number of hydrogen-bond acceptors (Lipinski definition) is 7. The van der Waals surface area contributed by atoms with Crippen molar-refractivity contribution in [3.63, 3.8) is 0 Å². The molecule has 1 heterocycles. The Balaban J connectivity index is 1.43. The number of hydrogen-bond donors (Lipinski definition) is 1. The standard InChI is InChI=1S/C27H31NO7/c1-28(2)26(31)14-33-18-11-20(29)27-21(30)13-23(35-25(27)12-18)17-6-7-22(32-3)24(10-17)34-19-8-15-4-5-16(15)9-19/h10-13,15-16,19,29H,4-9,14H2,1-3H3. The van der Waals surface area contributed by atoms with Gasteiger partial charge >= 0.3 is 0 Å². The minimum absolute atomic E-state index is 0.0717. The lowest BCUT2D eigenvalue weighted by atomic mass is 9.77. The molecule has 0 aliphatic heterocycles. The average Bonchev–Trinajstić information content (AvgIpc) is 3.09. The van der Waals surface area contributed by atoms with Gasteiger partial charge in [-0.3, -0.25) is 9.59 Å². The Hall–Kier alpha value is -3.42. The van der Waals surface area contributed by atoms with Crippen molar-refractivity contribution in [1.82, 2.24) is 4.90 Å². The van der Waals surface area contributed by atoms with Gasteiger partial charge in [0.05, 0.1) is 13.2 Å². The van der Waals surface area contributed by atoms with Crippen LogP contribution >= 0.6 is 0 Å². The van der Waals surface area contributed by atoms with Crippen LogP contribution in [-0.2, 0) is 14.3 Å². The van der Waals surface area contributed by atoms with Crippen molar-refractivity contribution >= 4 is 22.4 Å². The molecule has 8 nitrogen and oxygen atoms in total. The van der Waals surface area contributed by atoms with Crippen molar-refractivity contribution < 1.29 is 28.5 Å². The van der Waals surface area contributed by atoms with Gasteiger partial charge in [-0.25, -0.2) is 0 Å². The molecular weight excluding hydrogens is 450 g/mol. The van der Waals surface area contributed by atoms with Crippen LogP contribution in [0.4, 0.5) is 0 Å². The summed E-state index contributed by atoms with van der Waals surface area (Å²) in [6.07, 6.45) is 8.11. The number of benzene rings is 1. The Morgan fingerprint density at radius 2 is 1.89 bits per heavy atom. The number of likely N-dealkylation sites (N-methyl/N-ethyl adjacent to an activating group) is 1. The first-order valence-electron chi connectivity index (χ1n) is 12.1. The maximum absolute atomic E-state index is 12.9. The van der Waals surface area contributed by atoms with Crippen LogP contribution in [0, 0.1) is 11.8 Å². The molecule has 1 aromatic carbocycles. The SMILES string of the molecule is COC1=C(OC2CC3CCC3C2)C=C(c2cc(=O)c3c(O)cc(OCC(=O)N(C)C)cc3o2)CC1. The molecule has 0 bridgehead atoms. The lowest BCUT2D eigenvalue weighted by molar-refractivity contribution is -0.130. The second-order valence-electron chi connectivity index (χ2n) is 9.84. The summed E-state index contributed by atoms with van der Waals surface area (Å²) in [7, 11) is 4.91. The number of fused-ring (bicyclic) bond motifs is 2. The molecular formula is C27H31NO7. The van der Waals surface area contributed by atoms with Crippen LogP contribution in [0.15, 0.2) is 45.0 Å². The van der Waals surface area contributed by atoms with E-state index >= 15 is 0 Å². The van der Waals surface area contributed by atoms with Gasteiger partial charge in [0, 0.05) is 38.7 Å². The van der Waals surface area contributed by atoms with Crippen LogP contribution in [0.5, 0.6) is 11.5 Å². The van der Waals surface area contributed by atoms with E-state index in [9.17, 15) is 14.7 Å². The molecule has 5 rings (SSSR count). The molecule has 2 atom stereocenters. The van der Waals surface area contributed by atoms with E-state index in [2.05, 4.69) is 0 Å². The zero-order valence-electron chi connectivity index (χ0n) is 20.3. The smallest absolute Gasteiger partial charge is 0.259 e. The Kier molecular flexibility index (Phi) is 6.21. The maximum Gasteiger partial charge on any atom is 0.259 e. The number of carbonyl (C=O) groups excluding carboxylic acids is 1. The van der Waals surface area contributed by atoms with Crippen LogP contribution in [0.1, 0.15) is 44.3 Å². The van der Waals surface area contributed by atoms with E-state index in [0.29, 0.717) is 24.4 Å². The average molecular weight is 482 g/mol. The van der Waals surface area contributed by atoms with Crippen molar-refractivity contribution in [1.29, 1.82) is 0 Å². The number of phenols is 1. The van der Waals surface area contributed by atoms with Gasteiger partial charge in [-0.05, 0) is 55.6 Å². The highest BCUT2D eigenvalue weighted by atomic mass is 16.5. The van der Waals surface area contributed by atoms with E-state index < -0.39 is 0 Å². The van der Waals surface area contributed by atoms with Crippen LogP contribution in [0.3, 0.4) is 0 Å². The van der Waals surface area contributed by atoms with Gasteiger partial charge in [-0.15, -0.1) is 0 Å². The third-order valence-corrected chi connectivity index (χ3v) is 7.41. The van der Waals surface area contributed by atoms with Crippen molar-refractivity contribution in [3.05, 3.63) is 51.8 Å². The number of methoxy groups -OCH3 is 1. The first-order chi connectivity index (χ1) is 16.8. The molecule has 8 heteroatoms. The van der Waals surface area contributed by atoms with Crippen molar-refractivity contribution in [3.8, 4) is 11.5 Å². The molecule has 0 saturated heterocycles. The van der Waals surface area contributed by atoms with Crippen LogP contribution in [0.25, 0.3) is 16.5 Å². The summed E-state index contributed by atoms with van der Waals surface area (Å²) >= 11 is 0. The molecule has 2 aromatic rings. The number of carbonyl (C=O) groups is 1. The lowest BCUT2D eigenvalue weighted by Gasteiger charge is -2.28. The van der Waals surface area contributed by atoms with E-state index in [-0.39, 0.29) is 46.5 Å². The molecule has 2 saturated carbocycles. The molecule has 35 heavy (non-hydrogen) atoms. The molecule has 3 aliphatic rings. The molecule has 1 N–H and O–H groups in total. The summed E-state index contributed by atoms with van der Waals surface area (Å²) in [5.74, 6) is 3.24. The first kappa shape index (κ1) is 23.3. The van der Waals surface area contributed by atoms with E-state index in [0.717, 1.165) is 36.0 Å². The van der Waals surface area contributed by atoms with Crippen molar-refractivity contribution in [2.75, 3.05) is 27.8 Å². The monoisotopic (exact) mass is 481 g/mol. The summed E-state index contributed by atoms with van der Waals surface area (Å²) in [4.78, 5) is 26.1. The number of nitrogens with zero attached hydrogens (tertiary/aromatic N) is 1. The van der Waals surface area contributed by atoms with Gasteiger partial charge in [0.25, 0.3) is 5.91 Å². The minimum Gasteiger partial charge on any atom is -0.507 e. The summed E-state index contributed by atoms with van der Waals surface area (Å²) < 4.78 is 23.6. The predicted octanol–water partition coefficient (Wildman–Crippen LogP) is 4.21. The fourth-order valence-electron chi connectivity index (χ4n) is 5.24. The Morgan fingerprint density at radius 3 is 2.54 bits per heavy atom. The highest BCUT2D eigenvalue weighted by Gasteiger charge is 2.41. The Bertz CT molecular complexity index is 1260. The third kappa shape index (κ3) is 4.61. The molecule has 2 unspecified atom stereocenters. The molecule has 1 aromatic heterocycles. The second kappa shape index (κ2) is 9.32. The highest BCUT2D eigenvalue weighted by Crippen LogP contribution is 2.48. The number of rotatable bonds is 7. The quantitative estimate of drug-likeness (QED) is 0.633. The van der Waals surface area contributed by atoms with Crippen LogP contribution in [-0.4, -0.2) is 49.8 Å². The van der Waals surface area contributed by atoms with Gasteiger partial charge in [-0.1, -0.05) is 0 Å². The van der Waals surface area contributed by atoms with Crippen molar-refractivity contribution in [2.45, 2.75) is 44.6 Å². The third-order valence-electron chi connectivity index (χ3n) is 7.41. The minimum atomic E-state index is -0.355. The number of allylic oxidation sites excluding steroid dienone is 3. The molecule has 3 aliphatic carbocycles. The van der Waals surface area contributed by atoms with Gasteiger partial charge in [0.1, 0.15) is 34.0 Å². The molecule has 2 fully saturated rings. The van der Waals surface area contributed by atoms with E-state index in [1.54, 1.807) is 21.2 Å². The van der Waals surface area contributed by atoms with Gasteiger partial charge in [0.2, 0.25) is 0 Å². The Morgan fingerprint density at radius 1 is 1.14 bits per heavy atom. The number of ether oxygens (including phenoxy) is 3. The largest absolute Gasteiger partial charge is 0.507 e. The summed E-state index contributed by atoms with van der Waals surface area (Å²) in [5.41, 5.74) is 0.665. The topological polar surface area (TPSA) is 98.4 Å². The zero-order valence-corrected chi connectivity index (χ0v) is 20.3. The van der Waals surface area contributed by atoms with E-state index in [1.807, 2.05) is 6.08 Å². The first-order valence-corrected chi connectivity index (χ1v) is 12.1. The molecule has 1 amide bonds. The Labute approximate surface area is 203 Å². The highest BCUT2D eigenvalue weighted by molar-refractivity contribution is 5.86. The van der Waals surface area contributed by atoms with Gasteiger partial charge < -0.3 is 28.6 Å². The van der Waals surface area contributed by atoms with Gasteiger partial charge in [0.15, 0.2) is 17.8 Å². The maximum atomic E-state index is 12.9. The zero-order chi connectivity index (χ0) is 24.7. The lowest BCUT2D eigenvalue weighted by Crippen LogP contribution is -2.27. The van der Waals surface area contributed by atoms with Crippen LogP contribution < -0.4 is 10.2 Å². The number of aromatic hydroxyl groups is 1. The second-order valence-corrected chi connectivity index (χ2v) is 9.84. The van der Waals surface area contributed by atoms with Crippen molar-refractivity contribution in [2.24, 2.45) is 11.8 Å². The normalized spacial score (nSPS) is 23.4. The summed E-state index contributed by atoms with van der Waals surface area (Å²) in [5, 5.41) is 10.5. The fraction of sp³-hybridized carbons (Fsp3) is 0.481. The van der Waals surface area contributed by atoms with E-state index in [1.165, 1.54) is 35.9 Å². The number of phenolic OH excluding ortho intramolecular Hbond substituents is 1. The fourth-order valence-corrected chi connectivity index (χ4v) is 5.24. The summed E-state index contributed by atoms with van der Waals surface area (Å²) in [6.45, 7) is -0.193. The molecule has 0 spiro atoms. The summed E-state index contributed by atoms with van der Waals surface area (Å²) in [6, 6.07) is 4.24. The number of amides is 1.